The van der Waals surface area contributed by atoms with Crippen LogP contribution >= 0.6 is 23.1 Å². The van der Waals surface area contributed by atoms with Crippen molar-refractivity contribution in [2.75, 3.05) is 5.32 Å². The van der Waals surface area contributed by atoms with E-state index >= 15 is 0 Å². The van der Waals surface area contributed by atoms with Crippen molar-refractivity contribution in [2.45, 2.75) is 0 Å². The average Bonchev–Trinajstić information content (AvgIpc) is 3.18. The zero-order valence-electron chi connectivity index (χ0n) is 14.4. The molecule has 0 aliphatic rings. The van der Waals surface area contributed by atoms with Gasteiger partial charge in [0.1, 0.15) is 5.75 Å². The van der Waals surface area contributed by atoms with E-state index in [0.717, 1.165) is 17.1 Å². The fourth-order valence-corrected chi connectivity index (χ4v) is 3.10. The molecule has 4 rings (SSSR count). The zero-order valence-corrected chi connectivity index (χ0v) is 15.9. The van der Waals surface area contributed by atoms with Crippen LogP contribution in [0.1, 0.15) is 10.4 Å². The van der Waals surface area contributed by atoms with Gasteiger partial charge >= 0.3 is 0 Å². The third kappa shape index (κ3) is 4.33. The van der Waals surface area contributed by atoms with Gasteiger partial charge < -0.3 is 4.74 Å². The molecule has 8 heteroatoms. The van der Waals surface area contributed by atoms with Gasteiger partial charge in [-0.05, 0) is 48.5 Å². The molecule has 0 saturated heterocycles. The minimum Gasteiger partial charge on any atom is -0.439 e. The molecule has 6 nitrogen and oxygen atoms in total. The largest absolute Gasteiger partial charge is 0.439 e. The Kier molecular flexibility index (Phi) is 5.27. The Morgan fingerprint density at radius 2 is 1.89 bits per heavy atom. The van der Waals surface area contributed by atoms with Crippen molar-refractivity contribution in [1.29, 1.82) is 0 Å². The van der Waals surface area contributed by atoms with Gasteiger partial charge in [0.2, 0.25) is 11.0 Å². The Bertz CT molecular complexity index is 1100. The molecule has 1 N–H and O–H groups in total. The van der Waals surface area contributed by atoms with Crippen LogP contribution in [0, 0.1) is 0 Å². The van der Waals surface area contributed by atoms with E-state index < -0.39 is 0 Å². The van der Waals surface area contributed by atoms with Crippen molar-refractivity contribution in [1.82, 2.24) is 14.3 Å². The van der Waals surface area contributed by atoms with Gasteiger partial charge in [0.15, 0.2) is 5.82 Å². The van der Waals surface area contributed by atoms with E-state index in [9.17, 15) is 4.79 Å². The molecule has 28 heavy (non-hydrogen) atoms. The quantitative estimate of drug-likeness (QED) is 0.485. The Balaban J connectivity index is 1.47. The molecule has 2 aromatic heterocycles. The summed E-state index contributed by atoms with van der Waals surface area (Å²) < 4.78 is 9.94. The summed E-state index contributed by atoms with van der Waals surface area (Å²) in [6.07, 6.45) is 1.64. The van der Waals surface area contributed by atoms with Gasteiger partial charge in [0.25, 0.3) is 5.91 Å². The van der Waals surface area contributed by atoms with Gasteiger partial charge in [-0.3, -0.25) is 10.1 Å². The highest BCUT2D eigenvalue weighted by molar-refractivity contribution is 7.10. The molecule has 138 valence electrons. The van der Waals surface area contributed by atoms with Crippen molar-refractivity contribution < 1.29 is 9.53 Å². The predicted molar refractivity (Wildman–Crippen MR) is 109 cm³/mol. The second-order valence-electron chi connectivity index (χ2n) is 5.68. The summed E-state index contributed by atoms with van der Waals surface area (Å²) >= 11 is 7.01. The first-order valence-corrected chi connectivity index (χ1v) is 9.42. The number of ether oxygens (including phenoxy) is 1. The minimum atomic E-state index is -0.301. The van der Waals surface area contributed by atoms with E-state index in [-0.39, 0.29) is 5.91 Å². The number of aromatic nitrogens is 3. The van der Waals surface area contributed by atoms with Gasteiger partial charge in [0.05, 0.1) is 0 Å². The van der Waals surface area contributed by atoms with E-state index in [1.165, 1.54) is 0 Å². The number of carbonyl (C=O) groups excluding carboxylic acids is 1. The maximum Gasteiger partial charge on any atom is 0.257 e. The SMILES string of the molecule is O=C(Nc1nc(-c2ccc(Cl)cc2)ns1)c1cccc(Oc2ccccn2)c1. The summed E-state index contributed by atoms with van der Waals surface area (Å²) in [6, 6.07) is 19.4. The van der Waals surface area contributed by atoms with Crippen LogP contribution in [0.2, 0.25) is 5.02 Å². The lowest BCUT2D eigenvalue weighted by atomic mass is 10.2. The van der Waals surface area contributed by atoms with Crippen molar-refractivity contribution in [3.05, 3.63) is 83.5 Å². The summed E-state index contributed by atoms with van der Waals surface area (Å²) in [6.45, 7) is 0. The Hall–Kier alpha value is -3.29. The molecule has 0 atom stereocenters. The highest BCUT2D eigenvalue weighted by Crippen LogP contribution is 2.24. The standard InChI is InChI=1S/C20H13ClN4O2S/c21-15-9-7-13(8-10-15)18-23-20(28-25-18)24-19(26)14-4-3-5-16(12-14)27-17-6-1-2-11-22-17/h1-12H,(H,23,24,25,26). The number of nitrogens with zero attached hydrogens (tertiary/aromatic N) is 3. The van der Waals surface area contributed by atoms with Crippen LogP contribution in [0.4, 0.5) is 5.13 Å². The van der Waals surface area contributed by atoms with Crippen LogP contribution in [0.3, 0.4) is 0 Å². The third-order valence-corrected chi connectivity index (χ3v) is 4.59. The molecular formula is C20H13ClN4O2S. The number of nitrogens with one attached hydrogen (secondary N) is 1. The van der Waals surface area contributed by atoms with Crippen LogP contribution in [0.15, 0.2) is 72.9 Å². The Morgan fingerprint density at radius 3 is 2.68 bits per heavy atom. The summed E-state index contributed by atoms with van der Waals surface area (Å²) in [4.78, 5) is 21.0. The van der Waals surface area contributed by atoms with E-state index in [0.29, 0.717) is 33.2 Å². The number of amides is 1. The molecule has 0 fully saturated rings. The summed E-state index contributed by atoms with van der Waals surface area (Å²) in [5.41, 5.74) is 1.27. The molecule has 0 bridgehead atoms. The molecule has 0 aliphatic heterocycles. The van der Waals surface area contributed by atoms with Crippen LogP contribution in [0.25, 0.3) is 11.4 Å². The number of hydrogen-bond donors (Lipinski definition) is 1. The van der Waals surface area contributed by atoms with Crippen molar-refractivity contribution >= 4 is 34.2 Å². The summed E-state index contributed by atoms with van der Waals surface area (Å²) in [5.74, 6) is 1.21. The molecule has 2 aromatic carbocycles. The van der Waals surface area contributed by atoms with Gasteiger partial charge in [0, 0.05) is 39.9 Å². The van der Waals surface area contributed by atoms with E-state index in [4.69, 9.17) is 16.3 Å². The Morgan fingerprint density at radius 1 is 1.04 bits per heavy atom. The first-order valence-electron chi connectivity index (χ1n) is 8.27. The first kappa shape index (κ1) is 18.1. The molecule has 2 heterocycles. The fourth-order valence-electron chi connectivity index (χ4n) is 2.39. The number of carbonyl (C=O) groups is 1. The van der Waals surface area contributed by atoms with Crippen LogP contribution in [0.5, 0.6) is 11.6 Å². The number of rotatable bonds is 5. The van der Waals surface area contributed by atoms with E-state index in [1.54, 1.807) is 54.7 Å². The predicted octanol–water partition coefficient (Wildman–Crippen LogP) is 5.30. The molecule has 0 saturated carbocycles. The molecule has 0 aliphatic carbocycles. The number of hydrogen-bond acceptors (Lipinski definition) is 6. The topological polar surface area (TPSA) is 77.0 Å². The van der Waals surface area contributed by atoms with Crippen molar-refractivity contribution in [2.24, 2.45) is 0 Å². The van der Waals surface area contributed by atoms with Crippen LogP contribution < -0.4 is 10.1 Å². The highest BCUT2D eigenvalue weighted by Gasteiger charge is 2.12. The lowest BCUT2D eigenvalue weighted by Crippen LogP contribution is -2.11. The second-order valence-corrected chi connectivity index (χ2v) is 6.87. The first-order chi connectivity index (χ1) is 13.7. The second kappa shape index (κ2) is 8.16. The molecule has 0 spiro atoms. The monoisotopic (exact) mass is 408 g/mol. The lowest BCUT2D eigenvalue weighted by Gasteiger charge is -2.06. The number of anilines is 1. The molecular weight excluding hydrogens is 396 g/mol. The van der Waals surface area contributed by atoms with Gasteiger partial charge in [-0.2, -0.15) is 9.36 Å². The fraction of sp³-hybridized carbons (Fsp3) is 0. The summed E-state index contributed by atoms with van der Waals surface area (Å²) in [7, 11) is 0. The molecule has 0 unspecified atom stereocenters. The van der Waals surface area contributed by atoms with Gasteiger partial charge in [-0.1, -0.05) is 23.7 Å². The highest BCUT2D eigenvalue weighted by atomic mass is 35.5. The molecule has 1 amide bonds. The van der Waals surface area contributed by atoms with Crippen molar-refractivity contribution in [3.63, 3.8) is 0 Å². The molecule has 0 radical (unpaired) electrons. The van der Waals surface area contributed by atoms with Gasteiger partial charge in [-0.15, -0.1) is 0 Å². The molecule has 4 aromatic rings. The number of benzene rings is 2. The zero-order chi connectivity index (χ0) is 19.3. The lowest BCUT2D eigenvalue weighted by molar-refractivity contribution is 0.102. The van der Waals surface area contributed by atoms with Crippen LogP contribution in [-0.2, 0) is 0 Å². The average molecular weight is 409 g/mol. The maximum absolute atomic E-state index is 12.5. The number of pyridine rings is 1. The summed E-state index contributed by atoms with van der Waals surface area (Å²) in [5, 5.41) is 3.81. The Labute approximate surface area is 170 Å². The normalized spacial score (nSPS) is 10.5. The number of halogens is 1. The minimum absolute atomic E-state index is 0.301. The van der Waals surface area contributed by atoms with E-state index in [2.05, 4.69) is 19.7 Å². The maximum atomic E-state index is 12.5. The van der Waals surface area contributed by atoms with Gasteiger partial charge in [-0.25, -0.2) is 4.98 Å². The smallest absolute Gasteiger partial charge is 0.257 e. The van der Waals surface area contributed by atoms with E-state index in [1.807, 2.05) is 18.2 Å². The van der Waals surface area contributed by atoms with Crippen LogP contribution in [-0.4, -0.2) is 20.2 Å². The third-order valence-electron chi connectivity index (χ3n) is 3.71. The van der Waals surface area contributed by atoms with Crippen molar-refractivity contribution in [3.8, 4) is 23.0 Å².